The molecule has 0 spiro atoms. The van der Waals surface area contributed by atoms with E-state index < -0.39 is 23.8 Å². The summed E-state index contributed by atoms with van der Waals surface area (Å²) in [5.74, 6) is -2.00. The van der Waals surface area contributed by atoms with Gasteiger partial charge in [0.1, 0.15) is 18.4 Å². The zero-order chi connectivity index (χ0) is 24.6. The summed E-state index contributed by atoms with van der Waals surface area (Å²) in [5, 5.41) is 7.49. The van der Waals surface area contributed by atoms with Gasteiger partial charge in [0, 0.05) is 23.2 Å². The number of fused-ring (bicyclic) bond motifs is 1. The Kier molecular flexibility index (Phi) is 6.52. The molecular weight excluding hydrogens is 463 g/mol. The number of hydrogen-bond donors (Lipinski definition) is 2. The number of nitrogens with zero attached hydrogens (tertiary/aromatic N) is 4. The lowest BCUT2D eigenvalue weighted by Gasteiger charge is -2.26. The Morgan fingerprint density at radius 1 is 1.35 bits per heavy atom. The first kappa shape index (κ1) is 23.6. The summed E-state index contributed by atoms with van der Waals surface area (Å²) in [7, 11) is 0. The third kappa shape index (κ3) is 4.45. The number of carbonyl (C=O) groups is 3. The molecule has 0 bridgehead atoms. The van der Waals surface area contributed by atoms with Crippen molar-refractivity contribution in [1.82, 2.24) is 25.0 Å². The van der Waals surface area contributed by atoms with Gasteiger partial charge in [0.05, 0.1) is 22.8 Å². The Morgan fingerprint density at radius 2 is 2.12 bits per heavy atom. The Morgan fingerprint density at radius 3 is 2.85 bits per heavy atom. The van der Waals surface area contributed by atoms with Gasteiger partial charge < -0.3 is 16.0 Å². The van der Waals surface area contributed by atoms with E-state index in [-0.39, 0.29) is 34.6 Å². The number of amides is 3. The first-order chi connectivity index (χ1) is 16.2. The van der Waals surface area contributed by atoms with E-state index >= 15 is 0 Å². The molecular formula is C23H24ClFN6O3. The molecule has 9 nitrogen and oxygen atoms in total. The molecule has 0 aliphatic carbocycles. The van der Waals surface area contributed by atoms with Crippen LogP contribution in [-0.2, 0) is 16.1 Å². The van der Waals surface area contributed by atoms with E-state index in [2.05, 4.69) is 15.4 Å². The molecule has 11 heteroatoms. The molecule has 3 aromatic rings. The van der Waals surface area contributed by atoms with Crippen molar-refractivity contribution in [3.05, 3.63) is 58.3 Å². The van der Waals surface area contributed by atoms with Crippen LogP contribution in [0.3, 0.4) is 0 Å². The van der Waals surface area contributed by atoms with E-state index in [1.807, 2.05) is 0 Å². The highest BCUT2D eigenvalue weighted by Crippen LogP contribution is 2.25. The van der Waals surface area contributed by atoms with Gasteiger partial charge in [-0.3, -0.25) is 24.0 Å². The average molecular weight is 487 g/mol. The zero-order valence-electron chi connectivity index (χ0n) is 18.7. The maximum Gasteiger partial charge on any atom is 0.269 e. The molecule has 0 radical (unpaired) electrons. The molecule has 1 aromatic carbocycles. The van der Waals surface area contributed by atoms with Gasteiger partial charge in [-0.25, -0.2) is 4.39 Å². The number of nitrogens with one attached hydrogen (secondary N) is 1. The van der Waals surface area contributed by atoms with Gasteiger partial charge in [-0.1, -0.05) is 23.7 Å². The standard InChI is InChI=1S/C23H24ClFN6O3/c1-12-9-15-18(10-27-12)31(29-21(15)22(26)33)11-19(32)30-8-4-7-17(30)23(34)28-13(2)14-5-3-6-16(24)20(14)25/h3,5-6,9-10,13,17H,4,7-8,11H2,1-2H3,(H2,26,33)(H,28,34)/t13-,17+/m1/s1. The first-order valence-electron chi connectivity index (χ1n) is 10.8. The predicted octanol–water partition coefficient (Wildman–Crippen LogP) is 2.50. The molecule has 3 amide bonds. The summed E-state index contributed by atoms with van der Waals surface area (Å²) in [6, 6.07) is 4.96. The smallest absolute Gasteiger partial charge is 0.269 e. The van der Waals surface area contributed by atoms with E-state index in [0.29, 0.717) is 36.0 Å². The summed E-state index contributed by atoms with van der Waals surface area (Å²) in [6.07, 6.45) is 2.67. The third-order valence-electron chi connectivity index (χ3n) is 5.97. The van der Waals surface area contributed by atoms with Crippen LogP contribution in [0, 0.1) is 12.7 Å². The van der Waals surface area contributed by atoms with E-state index in [1.54, 1.807) is 32.0 Å². The minimum atomic E-state index is -0.706. The first-order valence-corrected chi connectivity index (χ1v) is 11.2. The lowest BCUT2D eigenvalue weighted by molar-refractivity contribution is -0.139. The number of carbonyl (C=O) groups excluding carboxylic acids is 3. The predicted molar refractivity (Wildman–Crippen MR) is 123 cm³/mol. The van der Waals surface area contributed by atoms with Crippen LogP contribution >= 0.6 is 11.6 Å². The fourth-order valence-corrected chi connectivity index (χ4v) is 4.46. The van der Waals surface area contributed by atoms with Crippen molar-refractivity contribution in [2.75, 3.05) is 6.54 Å². The highest BCUT2D eigenvalue weighted by molar-refractivity contribution is 6.30. The van der Waals surface area contributed by atoms with Crippen LogP contribution in [0.25, 0.3) is 10.9 Å². The summed E-state index contributed by atoms with van der Waals surface area (Å²) in [6.45, 7) is 3.65. The maximum atomic E-state index is 14.3. The maximum absolute atomic E-state index is 14.3. The molecule has 1 fully saturated rings. The number of halogens is 2. The monoisotopic (exact) mass is 486 g/mol. The molecule has 2 aromatic heterocycles. The number of likely N-dealkylation sites (tertiary alicyclic amines) is 1. The highest BCUT2D eigenvalue weighted by atomic mass is 35.5. The fraction of sp³-hybridized carbons (Fsp3) is 0.348. The van der Waals surface area contributed by atoms with Crippen LogP contribution < -0.4 is 11.1 Å². The van der Waals surface area contributed by atoms with Gasteiger partial charge in [-0.05, 0) is 38.8 Å². The van der Waals surface area contributed by atoms with Crippen LogP contribution in [-0.4, -0.2) is 50.0 Å². The molecule has 1 aliphatic heterocycles. The molecule has 2 atom stereocenters. The van der Waals surface area contributed by atoms with Crippen LogP contribution in [0.5, 0.6) is 0 Å². The quantitative estimate of drug-likeness (QED) is 0.554. The SMILES string of the molecule is Cc1cc2c(C(N)=O)nn(CC(=O)N3CCC[C@H]3C(=O)N[C@H](C)c3cccc(Cl)c3F)c2cn1. The molecule has 34 heavy (non-hydrogen) atoms. The second kappa shape index (κ2) is 9.38. The second-order valence-electron chi connectivity index (χ2n) is 8.33. The zero-order valence-corrected chi connectivity index (χ0v) is 19.5. The molecule has 3 heterocycles. The average Bonchev–Trinajstić information content (AvgIpc) is 3.41. The van der Waals surface area contributed by atoms with Gasteiger partial charge >= 0.3 is 0 Å². The van der Waals surface area contributed by atoms with Crippen LogP contribution in [0.1, 0.15) is 47.6 Å². The van der Waals surface area contributed by atoms with Gasteiger partial charge in [0.15, 0.2) is 5.69 Å². The lowest BCUT2D eigenvalue weighted by atomic mass is 10.1. The molecule has 4 rings (SSSR count). The van der Waals surface area contributed by atoms with Crippen molar-refractivity contribution >= 4 is 40.2 Å². The summed E-state index contributed by atoms with van der Waals surface area (Å²) in [4.78, 5) is 43.7. The number of rotatable bonds is 6. The number of benzene rings is 1. The third-order valence-corrected chi connectivity index (χ3v) is 6.27. The number of aromatic nitrogens is 3. The number of hydrogen-bond acceptors (Lipinski definition) is 5. The van der Waals surface area contributed by atoms with E-state index in [1.165, 1.54) is 21.8 Å². The summed E-state index contributed by atoms with van der Waals surface area (Å²) >= 11 is 5.85. The largest absolute Gasteiger partial charge is 0.364 e. The Labute approximate surface area is 200 Å². The molecule has 1 saturated heterocycles. The summed E-state index contributed by atoms with van der Waals surface area (Å²) < 4.78 is 15.7. The summed E-state index contributed by atoms with van der Waals surface area (Å²) in [5.41, 5.74) is 6.96. The van der Waals surface area contributed by atoms with Crippen molar-refractivity contribution in [3.8, 4) is 0 Å². The Hall–Kier alpha value is -3.53. The van der Waals surface area contributed by atoms with Gasteiger partial charge in [-0.2, -0.15) is 5.10 Å². The molecule has 0 saturated carbocycles. The Balaban J connectivity index is 1.51. The molecule has 178 valence electrons. The lowest BCUT2D eigenvalue weighted by Crippen LogP contribution is -2.47. The highest BCUT2D eigenvalue weighted by Gasteiger charge is 2.35. The van der Waals surface area contributed by atoms with Crippen LogP contribution in [0.4, 0.5) is 4.39 Å². The van der Waals surface area contributed by atoms with Gasteiger partial charge in [0.2, 0.25) is 11.8 Å². The number of primary amides is 1. The molecule has 3 N–H and O–H groups in total. The van der Waals surface area contributed by atoms with E-state index in [0.717, 1.165) is 0 Å². The van der Waals surface area contributed by atoms with E-state index in [4.69, 9.17) is 17.3 Å². The van der Waals surface area contributed by atoms with Crippen molar-refractivity contribution < 1.29 is 18.8 Å². The van der Waals surface area contributed by atoms with Crippen molar-refractivity contribution in [2.45, 2.75) is 45.3 Å². The number of nitrogens with two attached hydrogens (primary N) is 1. The van der Waals surface area contributed by atoms with Gasteiger partial charge in [0.25, 0.3) is 5.91 Å². The van der Waals surface area contributed by atoms with Crippen molar-refractivity contribution in [2.24, 2.45) is 5.73 Å². The van der Waals surface area contributed by atoms with E-state index in [9.17, 15) is 18.8 Å². The Bertz CT molecular complexity index is 1290. The van der Waals surface area contributed by atoms with Crippen LogP contribution in [0.2, 0.25) is 5.02 Å². The number of pyridine rings is 1. The normalized spacial score (nSPS) is 16.6. The van der Waals surface area contributed by atoms with Crippen molar-refractivity contribution in [3.63, 3.8) is 0 Å². The van der Waals surface area contributed by atoms with Crippen molar-refractivity contribution in [1.29, 1.82) is 0 Å². The minimum absolute atomic E-state index is 0.0252. The topological polar surface area (TPSA) is 123 Å². The molecule has 0 unspecified atom stereocenters. The minimum Gasteiger partial charge on any atom is -0.364 e. The molecule has 1 aliphatic rings. The fourth-order valence-electron chi connectivity index (χ4n) is 4.28. The number of aryl methyl sites for hydroxylation is 1. The second-order valence-corrected chi connectivity index (χ2v) is 8.74. The van der Waals surface area contributed by atoms with Gasteiger partial charge in [-0.15, -0.1) is 0 Å². The van der Waals surface area contributed by atoms with Crippen LogP contribution in [0.15, 0.2) is 30.5 Å².